The molecule has 2 heterocycles. The number of nitrogens with zero attached hydrogens (tertiary/aromatic N) is 3. The summed E-state index contributed by atoms with van der Waals surface area (Å²) >= 11 is 6.02. The lowest BCUT2D eigenvalue weighted by atomic mass is 9.49. The number of carbonyl (C=O) groups is 1. The van der Waals surface area contributed by atoms with Gasteiger partial charge in [0.25, 0.3) is 0 Å². The van der Waals surface area contributed by atoms with Crippen molar-refractivity contribution in [3.63, 3.8) is 0 Å². The molecule has 37 heavy (non-hydrogen) atoms. The molecule has 4 saturated carbocycles. The highest BCUT2D eigenvalue weighted by atomic mass is 35.5. The van der Waals surface area contributed by atoms with Crippen LogP contribution in [0.25, 0.3) is 0 Å². The molecule has 1 amide bonds. The Morgan fingerprint density at radius 2 is 1.73 bits per heavy atom. The third-order valence-corrected chi connectivity index (χ3v) is 10.9. The summed E-state index contributed by atoms with van der Waals surface area (Å²) in [5.41, 5.74) is -0.391. The van der Waals surface area contributed by atoms with E-state index < -0.39 is 26.7 Å². The fraction of sp³-hybridized carbons (Fsp3) is 0.560. The number of fused-ring (bicyclic) bond motifs is 1. The second-order valence-corrected chi connectivity index (χ2v) is 13.3. The van der Waals surface area contributed by atoms with Crippen molar-refractivity contribution < 1.29 is 26.4 Å². The van der Waals surface area contributed by atoms with Crippen LogP contribution in [0.3, 0.4) is 0 Å². The van der Waals surface area contributed by atoms with Crippen LogP contribution in [0.1, 0.15) is 55.3 Å². The molecule has 7 nitrogen and oxygen atoms in total. The Kier molecular flexibility index (Phi) is 5.85. The van der Waals surface area contributed by atoms with Crippen molar-refractivity contribution in [1.29, 1.82) is 0 Å². The Morgan fingerprint density at radius 3 is 2.35 bits per heavy atom. The van der Waals surface area contributed by atoms with Gasteiger partial charge in [-0.25, -0.2) is 18.4 Å². The number of hydrogen-bond donors (Lipinski definition) is 1. The molecule has 5 aliphatic rings. The number of alkyl halides is 3. The van der Waals surface area contributed by atoms with Crippen LogP contribution in [0.5, 0.6) is 0 Å². The van der Waals surface area contributed by atoms with Gasteiger partial charge in [-0.05, 0) is 80.9 Å². The lowest BCUT2D eigenvalue weighted by Crippen LogP contribution is -2.52. The first-order valence-corrected chi connectivity index (χ1v) is 14.3. The smallest absolute Gasteiger partial charge is 0.310 e. The second kappa shape index (κ2) is 8.64. The lowest BCUT2D eigenvalue weighted by molar-refractivity contribution is -0.140. The molecule has 0 unspecified atom stereocenters. The van der Waals surface area contributed by atoms with Crippen LogP contribution in [0.2, 0.25) is 5.02 Å². The van der Waals surface area contributed by atoms with Crippen molar-refractivity contribution in [1.82, 2.24) is 14.3 Å². The van der Waals surface area contributed by atoms with Gasteiger partial charge < -0.3 is 5.32 Å². The highest BCUT2D eigenvalue weighted by Gasteiger charge is 2.54. The molecule has 4 fully saturated rings. The molecule has 4 bridgehead atoms. The molecule has 0 spiro atoms. The number of carbonyl (C=O) groups excluding carboxylic acids is 1. The van der Waals surface area contributed by atoms with Crippen LogP contribution in [-0.2, 0) is 34.0 Å². The van der Waals surface area contributed by atoms with Gasteiger partial charge in [0.05, 0.1) is 28.2 Å². The molecular formula is C25H26ClF3N4O3S. The Labute approximate surface area is 217 Å². The molecule has 0 atom stereocenters. The first-order valence-electron chi connectivity index (χ1n) is 12.5. The van der Waals surface area contributed by atoms with Crippen molar-refractivity contribution >= 4 is 33.3 Å². The second-order valence-electron chi connectivity index (χ2n) is 11.0. The van der Waals surface area contributed by atoms with Crippen LogP contribution in [0.4, 0.5) is 19.0 Å². The van der Waals surface area contributed by atoms with E-state index in [1.807, 2.05) is 0 Å². The van der Waals surface area contributed by atoms with Crippen LogP contribution >= 0.6 is 11.6 Å². The molecular weight excluding hydrogens is 529 g/mol. The summed E-state index contributed by atoms with van der Waals surface area (Å²) in [4.78, 5) is 21.5. The SMILES string of the molecule is O=C(Nc1ncnc2c1CCN(S(=O)(=O)c1cc(C(F)(F)F)ccc1Cl)C2)C12CC3CC(CC(C3)C1)C2. The van der Waals surface area contributed by atoms with Gasteiger partial charge in [0.2, 0.25) is 15.9 Å². The van der Waals surface area contributed by atoms with Crippen LogP contribution in [0, 0.1) is 23.2 Å². The standard InChI is InChI=1S/C25H26ClF3N4O3S/c26-19-2-1-17(25(27,28)29)8-21(19)37(35,36)33-4-3-18-20(12-33)30-13-31-22(18)32-23(34)24-9-14-5-15(10-24)7-16(6-14)11-24/h1-2,8,13-16H,3-7,9-12H2,(H,30,31,32,34). The highest BCUT2D eigenvalue weighted by Crippen LogP contribution is 2.60. The van der Waals surface area contributed by atoms with E-state index in [9.17, 15) is 26.4 Å². The highest BCUT2D eigenvalue weighted by molar-refractivity contribution is 7.89. The Hall–Kier alpha value is -2.24. The van der Waals surface area contributed by atoms with E-state index in [0.29, 0.717) is 40.9 Å². The van der Waals surface area contributed by atoms with Gasteiger partial charge in [-0.2, -0.15) is 17.5 Å². The number of halogens is 4. The molecule has 1 aliphatic heterocycles. The third-order valence-electron chi connectivity index (χ3n) is 8.60. The minimum absolute atomic E-state index is 0.00445. The van der Waals surface area contributed by atoms with Gasteiger partial charge in [0, 0.05) is 12.1 Å². The third kappa shape index (κ3) is 4.32. The van der Waals surface area contributed by atoms with E-state index >= 15 is 0 Å². The van der Waals surface area contributed by atoms with Crippen LogP contribution in [-0.4, -0.2) is 35.1 Å². The zero-order chi connectivity index (χ0) is 26.2. The van der Waals surface area contributed by atoms with E-state index in [1.165, 1.54) is 25.6 Å². The number of rotatable bonds is 4. The van der Waals surface area contributed by atoms with Gasteiger partial charge >= 0.3 is 6.18 Å². The van der Waals surface area contributed by atoms with E-state index in [4.69, 9.17) is 11.6 Å². The number of anilines is 1. The zero-order valence-electron chi connectivity index (χ0n) is 19.9. The topological polar surface area (TPSA) is 92.3 Å². The molecule has 1 N–H and O–H groups in total. The molecule has 2 aromatic rings. The largest absolute Gasteiger partial charge is 0.416 e. The Morgan fingerprint density at radius 1 is 1.08 bits per heavy atom. The molecule has 7 rings (SSSR count). The van der Waals surface area contributed by atoms with Crippen molar-refractivity contribution in [2.45, 2.75) is 62.6 Å². The molecule has 1 aromatic heterocycles. The maximum absolute atomic E-state index is 13.5. The number of sulfonamides is 1. The number of aromatic nitrogens is 2. The van der Waals surface area contributed by atoms with Gasteiger partial charge in [0.15, 0.2) is 0 Å². The molecule has 0 saturated heterocycles. The Balaban J connectivity index is 1.24. The summed E-state index contributed by atoms with van der Waals surface area (Å²) < 4.78 is 67.3. The van der Waals surface area contributed by atoms with Crippen molar-refractivity contribution in [2.24, 2.45) is 23.2 Å². The number of amides is 1. The predicted octanol–water partition coefficient (Wildman–Crippen LogP) is 5.05. The Bertz CT molecular complexity index is 1350. The number of nitrogens with one attached hydrogen (secondary N) is 1. The zero-order valence-corrected chi connectivity index (χ0v) is 21.5. The average Bonchev–Trinajstić information content (AvgIpc) is 2.82. The van der Waals surface area contributed by atoms with E-state index in [1.54, 1.807) is 0 Å². The first kappa shape index (κ1) is 25.1. The van der Waals surface area contributed by atoms with Crippen molar-refractivity contribution in [2.75, 3.05) is 11.9 Å². The first-order chi connectivity index (χ1) is 17.4. The summed E-state index contributed by atoms with van der Waals surface area (Å²) in [5.74, 6) is 2.20. The van der Waals surface area contributed by atoms with E-state index in [0.717, 1.165) is 35.7 Å². The van der Waals surface area contributed by atoms with E-state index in [-0.39, 0.29) is 35.9 Å². The summed E-state index contributed by atoms with van der Waals surface area (Å²) in [6, 6.07) is 2.25. The van der Waals surface area contributed by atoms with E-state index in [2.05, 4.69) is 15.3 Å². The molecule has 1 aromatic carbocycles. The molecule has 0 radical (unpaired) electrons. The van der Waals surface area contributed by atoms with Gasteiger partial charge in [-0.3, -0.25) is 4.79 Å². The average molecular weight is 555 g/mol. The molecule has 4 aliphatic carbocycles. The quantitative estimate of drug-likeness (QED) is 0.571. The lowest BCUT2D eigenvalue weighted by Gasteiger charge is -2.55. The van der Waals surface area contributed by atoms with Crippen molar-refractivity contribution in [3.8, 4) is 0 Å². The normalized spacial score (nSPS) is 29.2. The predicted molar refractivity (Wildman–Crippen MR) is 129 cm³/mol. The monoisotopic (exact) mass is 554 g/mol. The summed E-state index contributed by atoms with van der Waals surface area (Å²) in [7, 11) is -4.33. The minimum Gasteiger partial charge on any atom is -0.310 e. The van der Waals surface area contributed by atoms with Crippen LogP contribution in [0.15, 0.2) is 29.4 Å². The van der Waals surface area contributed by atoms with Crippen molar-refractivity contribution in [3.05, 3.63) is 46.4 Å². The summed E-state index contributed by atoms with van der Waals surface area (Å²) in [6.45, 7) is -0.164. The summed E-state index contributed by atoms with van der Waals surface area (Å²) in [6.07, 6.45) is 3.15. The number of benzene rings is 1. The van der Waals surface area contributed by atoms with Gasteiger partial charge in [0.1, 0.15) is 17.0 Å². The fourth-order valence-electron chi connectivity index (χ4n) is 7.29. The van der Waals surface area contributed by atoms with Gasteiger partial charge in [-0.15, -0.1) is 0 Å². The fourth-order valence-corrected chi connectivity index (χ4v) is 9.19. The van der Waals surface area contributed by atoms with Gasteiger partial charge in [-0.1, -0.05) is 11.6 Å². The minimum atomic E-state index is -4.71. The molecule has 198 valence electrons. The summed E-state index contributed by atoms with van der Waals surface area (Å²) in [5, 5.41) is 2.75. The molecule has 12 heteroatoms. The number of hydrogen-bond acceptors (Lipinski definition) is 5. The maximum atomic E-state index is 13.5. The van der Waals surface area contributed by atoms with Crippen LogP contribution < -0.4 is 5.32 Å². The maximum Gasteiger partial charge on any atom is 0.416 e.